The van der Waals surface area contributed by atoms with E-state index in [4.69, 9.17) is 16.3 Å². The summed E-state index contributed by atoms with van der Waals surface area (Å²) in [4.78, 5) is 15.0. The van der Waals surface area contributed by atoms with Crippen molar-refractivity contribution in [2.45, 2.75) is 6.10 Å². The predicted octanol–water partition coefficient (Wildman–Crippen LogP) is 2.81. The number of para-hydroxylation sites is 2. The lowest BCUT2D eigenvalue weighted by atomic mass is 10.2. The fraction of sp³-hybridized carbons (Fsp3) is 0.368. The van der Waals surface area contributed by atoms with Gasteiger partial charge in [0.25, 0.3) is 0 Å². The Labute approximate surface area is 162 Å². The van der Waals surface area contributed by atoms with Gasteiger partial charge in [-0.3, -0.25) is 15.0 Å². The van der Waals surface area contributed by atoms with E-state index in [1.165, 1.54) is 12.1 Å². The van der Waals surface area contributed by atoms with E-state index in [9.17, 15) is 15.2 Å². The van der Waals surface area contributed by atoms with Gasteiger partial charge in [0.15, 0.2) is 5.75 Å². The molecule has 2 aromatic carbocycles. The maximum atomic E-state index is 11.0. The molecule has 2 aromatic rings. The maximum Gasteiger partial charge on any atom is 0.310 e. The number of benzene rings is 2. The second kappa shape index (κ2) is 9.03. The molecule has 0 amide bonds. The van der Waals surface area contributed by atoms with Gasteiger partial charge in [0.05, 0.1) is 4.92 Å². The Kier molecular flexibility index (Phi) is 6.49. The van der Waals surface area contributed by atoms with Crippen LogP contribution in [-0.4, -0.2) is 60.4 Å². The largest absolute Gasteiger partial charge is 0.484 e. The normalized spacial score (nSPS) is 16.1. The molecule has 0 bridgehead atoms. The zero-order chi connectivity index (χ0) is 19.2. The van der Waals surface area contributed by atoms with Crippen LogP contribution in [0, 0.1) is 10.1 Å². The van der Waals surface area contributed by atoms with Gasteiger partial charge >= 0.3 is 5.69 Å². The van der Waals surface area contributed by atoms with Gasteiger partial charge in [-0.1, -0.05) is 23.7 Å². The number of halogens is 1. The first-order chi connectivity index (χ1) is 13.0. The number of rotatable bonds is 7. The second-order valence-corrected chi connectivity index (χ2v) is 6.89. The van der Waals surface area contributed by atoms with Crippen LogP contribution < -0.4 is 9.64 Å². The number of aliphatic hydroxyl groups excluding tert-OH is 1. The highest BCUT2D eigenvalue weighted by Crippen LogP contribution is 2.26. The first kappa shape index (κ1) is 19.4. The molecule has 1 saturated heterocycles. The molecule has 1 atom stereocenters. The third-order valence-corrected chi connectivity index (χ3v) is 4.78. The summed E-state index contributed by atoms with van der Waals surface area (Å²) in [6, 6.07) is 14.0. The molecule has 0 aromatic heterocycles. The van der Waals surface area contributed by atoms with Crippen LogP contribution in [0.3, 0.4) is 0 Å². The first-order valence-corrected chi connectivity index (χ1v) is 9.18. The van der Waals surface area contributed by atoms with Crippen LogP contribution >= 0.6 is 11.6 Å². The van der Waals surface area contributed by atoms with Crippen molar-refractivity contribution in [2.24, 2.45) is 0 Å². The number of piperazine rings is 1. The molecule has 0 spiro atoms. The molecule has 144 valence electrons. The van der Waals surface area contributed by atoms with Crippen LogP contribution in [0.5, 0.6) is 5.75 Å². The SMILES string of the molecule is O=[N+]([O-])c1ccccc1OCC(O)CN1CCN(c2ccc(Cl)cc2)CC1. The highest BCUT2D eigenvalue weighted by Gasteiger charge is 2.21. The number of aliphatic hydroxyl groups is 1. The number of nitrogens with zero attached hydrogens (tertiary/aromatic N) is 3. The summed E-state index contributed by atoms with van der Waals surface area (Å²) in [5.41, 5.74) is 1.04. The number of hydrogen-bond donors (Lipinski definition) is 1. The summed E-state index contributed by atoms with van der Waals surface area (Å²) in [5, 5.41) is 22.0. The zero-order valence-electron chi connectivity index (χ0n) is 14.8. The topological polar surface area (TPSA) is 79.1 Å². The monoisotopic (exact) mass is 391 g/mol. The van der Waals surface area contributed by atoms with Crippen LogP contribution in [-0.2, 0) is 0 Å². The number of β-amino-alcohol motifs (C(OH)–C–C–N with tert-alkyl or cyclic N) is 1. The van der Waals surface area contributed by atoms with Crippen LogP contribution in [0.15, 0.2) is 48.5 Å². The van der Waals surface area contributed by atoms with Crippen molar-refractivity contribution in [1.82, 2.24) is 4.90 Å². The van der Waals surface area contributed by atoms with Gasteiger partial charge < -0.3 is 14.7 Å². The van der Waals surface area contributed by atoms with Gasteiger partial charge in [0.2, 0.25) is 0 Å². The fourth-order valence-corrected chi connectivity index (χ4v) is 3.23. The first-order valence-electron chi connectivity index (χ1n) is 8.80. The summed E-state index contributed by atoms with van der Waals surface area (Å²) in [6.07, 6.45) is -0.716. The number of anilines is 1. The highest BCUT2D eigenvalue weighted by atomic mass is 35.5. The zero-order valence-corrected chi connectivity index (χ0v) is 15.6. The lowest BCUT2D eigenvalue weighted by molar-refractivity contribution is -0.385. The molecular weight excluding hydrogens is 370 g/mol. The Morgan fingerprint density at radius 2 is 1.78 bits per heavy atom. The Bertz CT molecular complexity index is 764. The average molecular weight is 392 g/mol. The van der Waals surface area contributed by atoms with Gasteiger partial charge in [-0.2, -0.15) is 0 Å². The van der Waals surface area contributed by atoms with Gasteiger partial charge in [-0.15, -0.1) is 0 Å². The van der Waals surface area contributed by atoms with Crippen molar-refractivity contribution in [1.29, 1.82) is 0 Å². The average Bonchev–Trinajstić information content (AvgIpc) is 2.68. The van der Waals surface area contributed by atoms with Crippen molar-refractivity contribution in [3.63, 3.8) is 0 Å². The molecule has 1 aliphatic heterocycles. The predicted molar refractivity (Wildman–Crippen MR) is 105 cm³/mol. The molecule has 1 fully saturated rings. The molecule has 8 heteroatoms. The Morgan fingerprint density at radius 3 is 2.44 bits per heavy atom. The molecule has 7 nitrogen and oxygen atoms in total. The minimum atomic E-state index is -0.716. The van der Waals surface area contributed by atoms with Crippen LogP contribution in [0.1, 0.15) is 0 Å². The molecule has 3 rings (SSSR count). The quantitative estimate of drug-likeness (QED) is 0.577. The Balaban J connectivity index is 1.45. The molecule has 1 heterocycles. The number of nitro benzene ring substituents is 1. The van der Waals surface area contributed by atoms with Crippen LogP contribution in [0.2, 0.25) is 5.02 Å². The Morgan fingerprint density at radius 1 is 1.11 bits per heavy atom. The van der Waals surface area contributed by atoms with E-state index in [2.05, 4.69) is 9.80 Å². The van der Waals surface area contributed by atoms with E-state index in [0.29, 0.717) is 6.54 Å². The van der Waals surface area contributed by atoms with Gasteiger partial charge in [0.1, 0.15) is 12.7 Å². The fourth-order valence-electron chi connectivity index (χ4n) is 3.11. The van der Waals surface area contributed by atoms with Gasteiger partial charge in [-0.05, 0) is 30.3 Å². The van der Waals surface area contributed by atoms with E-state index in [1.807, 2.05) is 24.3 Å². The minimum Gasteiger partial charge on any atom is -0.484 e. The van der Waals surface area contributed by atoms with E-state index in [-0.39, 0.29) is 18.0 Å². The molecule has 1 aliphatic rings. The van der Waals surface area contributed by atoms with Crippen LogP contribution in [0.4, 0.5) is 11.4 Å². The van der Waals surface area contributed by atoms with E-state index < -0.39 is 11.0 Å². The molecule has 1 unspecified atom stereocenters. The second-order valence-electron chi connectivity index (χ2n) is 6.45. The molecule has 27 heavy (non-hydrogen) atoms. The summed E-state index contributed by atoms with van der Waals surface area (Å²) < 4.78 is 5.46. The van der Waals surface area contributed by atoms with Crippen molar-refractivity contribution in [2.75, 3.05) is 44.2 Å². The summed E-state index contributed by atoms with van der Waals surface area (Å²) in [5.74, 6) is 0.175. The van der Waals surface area contributed by atoms with Crippen molar-refractivity contribution < 1.29 is 14.8 Å². The highest BCUT2D eigenvalue weighted by molar-refractivity contribution is 6.30. The third-order valence-electron chi connectivity index (χ3n) is 4.53. The summed E-state index contributed by atoms with van der Waals surface area (Å²) in [6.45, 7) is 3.85. The summed E-state index contributed by atoms with van der Waals surface area (Å²) in [7, 11) is 0. The van der Waals surface area contributed by atoms with E-state index in [0.717, 1.165) is 36.9 Å². The number of nitro groups is 1. The van der Waals surface area contributed by atoms with E-state index >= 15 is 0 Å². The maximum absolute atomic E-state index is 11.0. The Hall–Kier alpha value is -2.35. The van der Waals surface area contributed by atoms with Crippen molar-refractivity contribution in [3.8, 4) is 5.75 Å². The molecular formula is C19H22ClN3O4. The van der Waals surface area contributed by atoms with E-state index in [1.54, 1.807) is 12.1 Å². The number of hydrogen-bond acceptors (Lipinski definition) is 6. The van der Waals surface area contributed by atoms with Crippen LogP contribution in [0.25, 0.3) is 0 Å². The lowest BCUT2D eigenvalue weighted by Crippen LogP contribution is -2.49. The van der Waals surface area contributed by atoms with Gasteiger partial charge in [0, 0.05) is 49.5 Å². The standard InChI is InChI=1S/C19H22ClN3O4/c20-15-5-7-16(8-6-15)22-11-9-21(10-12-22)13-17(24)14-27-19-4-2-1-3-18(19)23(25)26/h1-8,17,24H,9-14H2. The van der Waals surface area contributed by atoms with Crippen molar-refractivity contribution >= 4 is 23.0 Å². The third kappa shape index (κ3) is 5.32. The molecule has 0 radical (unpaired) electrons. The minimum absolute atomic E-state index is 0.0161. The van der Waals surface area contributed by atoms with Crippen molar-refractivity contribution in [3.05, 3.63) is 63.7 Å². The summed E-state index contributed by atoms with van der Waals surface area (Å²) >= 11 is 5.93. The molecule has 0 saturated carbocycles. The smallest absolute Gasteiger partial charge is 0.310 e. The number of ether oxygens (including phenoxy) is 1. The molecule has 1 N–H and O–H groups in total. The molecule has 0 aliphatic carbocycles. The van der Waals surface area contributed by atoms with Gasteiger partial charge in [-0.25, -0.2) is 0 Å². The lowest BCUT2D eigenvalue weighted by Gasteiger charge is -2.36.